The summed E-state index contributed by atoms with van der Waals surface area (Å²) in [4.78, 5) is 33.2. The van der Waals surface area contributed by atoms with Crippen molar-refractivity contribution < 1.29 is 9.59 Å². The summed E-state index contributed by atoms with van der Waals surface area (Å²) in [5.41, 5.74) is 0.645. The van der Waals surface area contributed by atoms with Crippen molar-refractivity contribution in [3.05, 3.63) is 30.1 Å². The summed E-state index contributed by atoms with van der Waals surface area (Å²) in [6, 6.07) is 3.85. The van der Waals surface area contributed by atoms with Gasteiger partial charge in [0.05, 0.1) is 5.92 Å². The number of carbonyl (C=O) groups is 2. The summed E-state index contributed by atoms with van der Waals surface area (Å²) >= 11 is 0. The molecule has 0 aliphatic carbocycles. The molecule has 1 N–H and O–H groups in total. The second kappa shape index (κ2) is 10.7. The van der Waals surface area contributed by atoms with Gasteiger partial charge >= 0.3 is 0 Å². The van der Waals surface area contributed by atoms with E-state index in [4.69, 9.17) is 0 Å². The molecular formula is C18H28Cl2N4O2. The third-order valence-electron chi connectivity index (χ3n) is 5.13. The molecule has 1 aromatic heterocycles. The molecular weight excluding hydrogens is 375 g/mol. The van der Waals surface area contributed by atoms with Crippen LogP contribution in [0.15, 0.2) is 24.5 Å². The number of nitrogens with zero attached hydrogens (tertiary/aromatic N) is 3. The smallest absolute Gasteiger partial charge is 0.253 e. The summed E-state index contributed by atoms with van der Waals surface area (Å²) in [6.45, 7) is 2.88. The highest BCUT2D eigenvalue weighted by molar-refractivity contribution is 5.94. The van der Waals surface area contributed by atoms with Crippen LogP contribution in [-0.2, 0) is 4.79 Å². The molecule has 2 saturated heterocycles. The number of rotatable bonds is 3. The Morgan fingerprint density at radius 1 is 1.04 bits per heavy atom. The molecule has 2 aliphatic rings. The zero-order chi connectivity index (χ0) is 16.9. The van der Waals surface area contributed by atoms with Crippen LogP contribution in [0.1, 0.15) is 36.0 Å². The van der Waals surface area contributed by atoms with E-state index in [1.54, 1.807) is 24.5 Å². The first-order valence-corrected chi connectivity index (χ1v) is 8.84. The van der Waals surface area contributed by atoms with Crippen LogP contribution in [0.4, 0.5) is 0 Å². The molecule has 2 fully saturated rings. The van der Waals surface area contributed by atoms with Gasteiger partial charge in [0.1, 0.15) is 0 Å². The lowest BCUT2D eigenvalue weighted by atomic mass is 9.94. The van der Waals surface area contributed by atoms with Gasteiger partial charge in [0.25, 0.3) is 5.91 Å². The second-order valence-electron chi connectivity index (χ2n) is 6.74. The van der Waals surface area contributed by atoms with Gasteiger partial charge in [-0.15, -0.1) is 24.8 Å². The van der Waals surface area contributed by atoms with Crippen molar-refractivity contribution in [1.29, 1.82) is 0 Å². The van der Waals surface area contributed by atoms with Gasteiger partial charge in [0.2, 0.25) is 5.91 Å². The number of piperidine rings is 2. The molecule has 8 heteroatoms. The topological polar surface area (TPSA) is 65.5 Å². The lowest BCUT2D eigenvalue weighted by Crippen LogP contribution is -2.52. The molecule has 146 valence electrons. The number of aromatic nitrogens is 1. The van der Waals surface area contributed by atoms with Crippen LogP contribution >= 0.6 is 24.8 Å². The summed E-state index contributed by atoms with van der Waals surface area (Å²) < 4.78 is 0. The number of likely N-dealkylation sites (tertiary alicyclic amines) is 2. The Labute approximate surface area is 167 Å². The van der Waals surface area contributed by atoms with Crippen LogP contribution < -0.4 is 5.32 Å². The molecule has 0 aromatic carbocycles. The van der Waals surface area contributed by atoms with E-state index in [0.717, 1.165) is 45.3 Å². The maximum atomic E-state index is 12.9. The van der Waals surface area contributed by atoms with Crippen LogP contribution in [-0.4, -0.2) is 65.9 Å². The van der Waals surface area contributed by atoms with E-state index in [1.165, 1.54) is 0 Å². The summed E-state index contributed by atoms with van der Waals surface area (Å²) in [6.07, 6.45) is 7.19. The van der Waals surface area contributed by atoms with E-state index in [9.17, 15) is 9.59 Å². The van der Waals surface area contributed by atoms with Gasteiger partial charge < -0.3 is 15.1 Å². The number of amides is 2. The molecule has 3 rings (SSSR count). The quantitative estimate of drug-likeness (QED) is 0.839. The highest BCUT2D eigenvalue weighted by atomic mass is 35.5. The molecule has 3 heterocycles. The van der Waals surface area contributed by atoms with E-state index < -0.39 is 0 Å². The van der Waals surface area contributed by atoms with Gasteiger partial charge in [0.15, 0.2) is 0 Å². The first-order chi connectivity index (χ1) is 11.7. The zero-order valence-corrected chi connectivity index (χ0v) is 16.7. The van der Waals surface area contributed by atoms with E-state index in [0.29, 0.717) is 18.2 Å². The minimum absolute atomic E-state index is 0. The number of hydrogen-bond donors (Lipinski definition) is 1. The van der Waals surface area contributed by atoms with E-state index >= 15 is 0 Å². The van der Waals surface area contributed by atoms with Gasteiger partial charge in [0, 0.05) is 50.2 Å². The van der Waals surface area contributed by atoms with Crippen molar-refractivity contribution in [1.82, 2.24) is 20.1 Å². The van der Waals surface area contributed by atoms with Crippen molar-refractivity contribution in [3.63, 3.8) is 0 Å². The van der Waals surface area contributed by atoms with Gasteiger partial charge in [-0.25, -0.2) is 0 Å². The Hall–Kier alpha value is -1.37. The van der Waals surface area contributed by atoms with E-state index in [1.807, 2.05) is 16.8 Å². The molecule has 2 atom stereocenters. The number of likely N-dealkylation sites (N-methyl/N-ethyl adjacent to an activating group) is 1. The maximum Gasteiger partial charge on any atom is 0.253 e. The largest absolute Gasteiger partial charge is 0.341 e. The molecule has 2 aliphatic heterocycles. The Kier molecular flexibility index (Phi) is 9.33. The van der Waals surface area contributed by atoms with Crippen LogP contribution in [0.5, 0.6) is 0 Å². The molecule has 0 saturated carbocycles. The number of halogens is 2. The first kappa shape index (κ1) is 22.7. The van der Waals surface area contributed by atoms with Crippen molar-refractivity contribution in [2.75, 3.05) is 33.2 Å². The monoisotopic (exact) mass is 402 g/mol. The molecule has 0 bridgehead atoms. The number of hydrogen-bond acceptors (Lipinski definition) is 4. The number of pyridine rings is 1. The Morgan fingerprint density at radius 2 is 1.69 bits per heavy atom. The fourth-order valence-electron chi connectivity index (χ4n) is 3.71. The number of nitrogens with one attached hydrogen (secondary N) is 1. The fraction of sp³-hybridized carbons (Fsp3) is 0.611. The highest BCUT2D eigenvalue weighted by Crippen LogP contribution is 2.22. The SMILES string of the molecule is CNC1CCCN(C(=O)C2CCCN(C(=O)c3ccncc3)C2)C1.Cl.Cl. The van der Waals surface area contributed by atoms with Gasteiger partial charge in [-0.05, 0) is 44.9 Å². The van der Waals surface area contributed by atoms with E-state index in [-0.39, 0.29) is 42.5 Å². The normalized spacial score (nSPS) is 22.8. The second-order valence-corrected chi connectivity index (χ2v) is 6.74. The summed E-state index contributed by atoms with van der Waals surface area (Å²) in [5.74, 6) is 0.143. The van der Waals surface area contributed by atoms with Crippen LogP contribution in [0.2, 0.25) is 0 Å². The maximum absolute atomic E-state index is 12.9. The molecule has 6 nitrogen and oxygen atoms in total. The number of carbonyl (C=O) groups excluding carboxylic acids is 2. The Morgan fingerprint density at radius 3 is 2.38 bits per heavy atom. The zero-order valence-electron chi connectivity index (χ0n) is 15.1. The molecule has 1 aromatic rings. The van der Waals surface area contributed by atoms with Crippen LogP contribution in [0, 0.1) is 5.92 Å². The van der Waals surface area contributed by atoms with Crippen LogP contribution in [0.3, 0.4) is 0 Å². The minimum Gasteiger partial charge on any atom is -0.341 e. The van der Waals surface area contributed by atoms with Crippen LogP contribution in [0.25, 0.3) is 0 Å². The Bertz CT molecular complexity index is 588. The van der Waals surface area contributed by atoms with Gasteiger partial charge in [-0.3, -0.25) is 14.6 Å². The summed E-state index contributed by atoms with van der Waals surface area (Å²) in [5, 5.41) is 3.28. The molecule has 0 radical (unpaired) electrons. The lowest BCUT2D eigenvalue weighted by Gasteiger charge is -2.38. The van der Waals surface area contributed by atoms with Crippen molar-refractivity contribution in [3.8, 4) is 0 Å². The highest BCUT2D eigenvalue weighted by Gasteiger charge is 2.33. The predicted molar refractivity (Wildman–Crippen MR) is 106 cm³/mol. The molecule has 2 unspecified atom stereocenters. The lowest BCUT2D eigenvalue weighted by molar-refractivity contribution is -0.138. The Balaban J connectivity index is 0.00000169. The third kappa shape index (κ3) is 5.32. The average Bonchev–Trinajstić information content (AvgIpc) is 2.67. The average molecular weight is 403 g/mol. The third-order valence-corrected chi connectivity index (χ3v) is 5.13. The van der Waals surface area contributed by atoms with Gasteiger partial charge in [-0.1, -0.05) is 0 Å². The summed E-state index contributed by atoms with van der Waals surface area (Å²) in [7, 11) is 1.95. The van der Waals surface area contributed by atoms with Crippen molar-refractivity contribution in [2.24, 2.45) is 5.92 Å². The standard InChI is InChI=1S/C18H26N4O2.2ClH/c1-19-16-5-3-11-22(13-16)18(24)15-4-2-10-21(12-15)17(23)14-6-8-20-9-7-14;;/h6-9,15-16,19H,2-5,10-13H2,1H3;2*1H. The predicted octanol–water partition coefficient (Wildman–Crippen LogP) is 1.99. The minimum atomic E-state index is -0.0693. The first-order valence-electron chi connectivity index (χ1n) is 8.84. The molecule has 0 spiro atoms. The van der Waals surface area contributed by atoms with E-state index in [2.05, 4.69) is 10.3 Å². The van der Waals surface area contributed by atoms with Crippen molar-refractivity contribution >= 4 is 36.6 Å². The molecule has 26 heavy (non-hydrogen) atoms. The fourth-order valence-corrected chi connectivity index (χ4v) is 3.71. The molecule has 2 amide bonds. The van der Waals surface area contributed by atoms with Gasteiger partial charge in [-0.2, -0.15) is 0 Å². The van der Waals surface area contributed by atoms with Crippen molar-refractivity contribution in [2.45, 2.75) is 31.7 Å².